The molecule has 0 aromatic rings. The molecule has 0 aliphatic carbocycles. The van der Waals surface area contributed by atoms with Crippen molar-refractivity contribution in [3.63, 3.8) is 0 Å². The van der Waals surface area contributed by atoms with Crippen molar-refractivity contribution in [2.24, 2.45) is 11.8 Å². The molecular weight excluding hydrogens is 422 g/mol. The van der Waals surface area contributed by atoms with Gasteiger partial charge in [-0.1, -0.05) is 61.3 Å². The maximum Gasteiger partial charge on any atom is 0 e. The molecule has 2 radical (unpaired) electrons. The third-order valence-corrected chi connectivity index (χ3v) is 2.01. The SMILES string of the molecule is CC.CC.[CH-]=C(C=C[C-]=O)C(C)C.[CH2-]C=C([CH2-])C(C)C.[Y].[Y]. The minimum atomic E-state index is 0. The van der Waals surface area contributed by atoms with Crippen molar-refractivity contribution in [3.8, 4) is 0 Å². The fourth-order valence-corrected chi connectivity index (χ4v) is 0.558. The van der Waals surface area contributed by atoms with Gasteiger partial charge < -0.3 is 30.3 Å². The molecule has 0 rings (SSSR count). The first-order chi connectivity index (χ1) is 9.36. The van der Waals surface area contributed by atoms with Gasteiger partial charge in [0.2, 0.25) is 0 Å². The second kappa shape index (κ2) is 33.4. The van der Waals surface area contributed by atoms with Gasteiger partial charge in [0, 0.05) is 65.4 Å². The Morgan fingerprint density at radius 1 is 1.00 bits per heavy atom. The molecule has 0 saturated carbocycles. The van der Waals surface area contributed by atoms with Crippen molar-refractivity contribution >= 4 is 6.29 Å². The minimum Gasteiger partial charge on any atom is -0.419 e. The first-order valence-electron chi connectivity index (χ1n) is 7.34. The van der Waals surface area contributed by atoms with E-state index < -0.39 is 0 Å². The normalized spacial score (nSPS) is 8.91. The van der Waals surface area contributed by atoms with E-state index in [1.54, 1.807) is 18.4 Å². The Morgan fingerprint density at radius 3 is 1.50 bits per heavy atom. The summed E-state index contributed by atoms with van der Waals surface area (Å²) < 4.78 is 0. The van der Waals surface area contributed by atoms with Crippen molar-refractivity contribution in [2.75, 3.05) is 0 Å². The van der Waals surface area contributed by atoms with Crippen LogP contribution < -0.4 is 0 Å². The van der Waals surface area contributed by atoms with Crippen molar-refractivity contribution in [2.45, 2.75) is 55.4 Å². The monoisotopic (exact) mass is 456 g/mol. The van der Waals surface area contributed by atoms with Gasteiger partial charge in [0.25, 0.3) is 0 Å². The van der Waals surface area contributed by atoms with Gasteiger partial charge >= 0.3 is 0 Å². The van der Waals surface area contributed by atoms with E-state index >= 15 is 0 Å². The van der Waals surface area contributed by atoms with E-state index in [9.17, 15) is 4.79 Å². The van der Waals surface area contributed by atoms with Gasteiger partial charge in [-0.15, -0.1) is 5.92 Å². The van der Waals surface area contributed by atoms with Crippen LogP contribution in [0.2, 0.25) is 0 Å². The quantitative estimate of drug-likeness (QED) is 0.290. The molecule has 0 spiro atoms. The molecule has 0 saturated heterocycles. The molecule has 0 N–H and O–H groups in total. The molecular formula is C19H34OY2-4. The van der Waals surface area contributed by atoms with E-state index in [2.05, 4.69) is 27.7 Å². The summed E-state index contributed by atoms with van der Waals surface area (Å²) in [4.78, 5) is 9.65. The molecule has 0 aromatic heterocycles. The molecule has 126 valence electrons. The van der Waals surface area contributed by atoms with Crippen LogP contribution in [0.5, 0.6) is 0 Å². The molecule has 0 aromatic carbocycles. The molecule has 22 heavy (non-hydrogen) atoms. The van der Waals surface area contributed by atoms with Crippen molar-refractivity contribution in [3.05, 3.63) is 49.8 Å². The Bertz CT molecular complexity index is 265. The Morgan fingerprint density at radius 2 is 1.36 bits per heavy atom. The summed E-state index contributed by atoms with van der Waals surface area (Å²) in [5, 5.41) is 0. The Balaban J connectivity index is -0.0000000446. The van der Waals surface area contributed by atoms with Gasteiger partial charge in [0.05, 0.1) is 0 Å². The summed E-state index contributed by atoms with van der Waals surface area (Å²) in [6, 6.07) is 0. The second-order valence-corrected chi connectivity index (χ2v) is 4.04. The van der Waals surface area contributed by atoms with Crippen LogP contribution >= 0.6 is 0 Å². The molecule has 0 aliphatic heterocycles. The molecule has 1 nitrogen and oxygen atoms in total. The number of rotatable bonds is 4. The predicted molar refractivity (Wildman–Crippen MR) is 93.8 cm³/mol. The number of hydrogen-bond acceptors (Lipinski definition) is 1. The van der Waals surface area contributed by atoms with Crippen LogP contribution in [0.15, 0.2) is 29.4 Å². The largest absolute Gasteiger partial charge is 0.419 e. The maximum atomic E-state index is 9.65. The molecule has 0 heterocycles. The zero-order valence-corrected chi connectivity index (χ0v) is 21.6. The van der Waals surface area contributed by atoms with E-state index in [-0.39, 0.29) is 65.4 Å². The molecule has 0 atom stereocenters. The summed E-state index contributed by atoms with van der Waals surface area (Å²) in [5.74, 6) is 0.854. The van der Waals surface area contributed by atoms with Crippen LogP contribution in [-0.4, -0.2) is 6.29 Å². The average molecular weight is 456 g/mol. The van der Waals surface area contributed by atoms with E-state index in [0.717, 1.165) is 5.57 Å². The molecule has 0 aliphatic rings. The van der Waals surface area contributed by atoms with Gasteiger partial charge in [-0.25, -0.2) is 11.6 Å². The number of allylic oxidation sites excluding steroid dienone is 5. The van der Waals surface area contributed by atoms with E-state index in [0.29, 0.717) is 17.4 Å². The van der Waals surface area contributed by atoms with Gasteiger partial charge in [-0.2, -0.15) is 6.08 Å². The number of carbonyl (C=O) groups excluding carboxylic acids is 1. The van der Waals surface area contributed by atoms with E-state index in [1.807, 2.05) is 41.5 Å². The topological polar surface area (TPSA) is 17.1 Å². The zero-order chi connectivity index (χ0) is 17.1. The van der Waals surface area contributed by atoms with Crippen molar-refractivity contribution in [1.29, 1.82) is 0 Å². The van der Waals surface area contributed by atoms with E-state index in [4.69, 9.17) is 6.58 Å². The summed E-state index contributed by atoms with van der Waals surface area (Å²) in [7, 11) is 0. The molecule has 0 fully saturated rings. The van der Waals surface area contributed by atoms with Crippen LogP contribution in [0, 0.1) is 32.3 Å². The van der Waals surface area contributed by atoms with Crippen molar-refractivity contribution < 1.29 is 70.2 Å². The summed E-state index contributed by atoms with van der Waals surface area (Å²) in [6.07, 6.45) is 6.26. The standard InChI is InChI=1S/C8H10O.C7H12.2C2H6.2Y/c1-7(2)8(3)5-4-6-9;1-5-7(4)6(2)3;2*1-2;;/h3-5,7H,1-2H3;5-6H,1,4H2,2-3H3;2*1-2H3;;/q2*-2;;;;. The first-order valence-corrected chi connectivity index (χ1v) is 7.34. The molecule has 0 unspecified atom stereocenters. The fourth-order valence-electron chi connectivity index (χ4n) is 0.558. The maximum absolute atomic E-state index is 9.65. The second-order valence-electron chi connectivity index (χ2n) is 4.04. The van der Waals surface area contributed by atoms with Crippen LogP contribution in [0.4, 0.5) is 0 Å². The Labute approximate surface area is 191 Å². The fraction of sp³-hybridized carbons (Fsp3) is 0.526. The predicted octanol–water partition coefficient (Wildman–Crippen LogP) is 5.95. The van der Waals surface area contributed by atoms with E-state index in [1.165, 1.54) is 6.08 Å². The number of hydrogen-bond donors (Lipinski definition) is 0. The van der Waals surface area contributed by atoms with Gasteiger partial charge in [0.15, 0.2) is 0 Å². The van der Waals surface area contributed by atoms with Crippen LogP contribution in [0.25, 0.3) is 0 Å². The summed E-state index contributed by atoms with van der Waals surface area (Å²) >= 11 is 0. The zero-order valence-electron chi connectivity index (χ0n) is 15.9. The van der Waals surface area contributed by atoms with Crippen LogP contribution in [0.1, 0.15) is 55.4 Å². The van der Waals surface area contributed by atoms with Crippen LogP contribution in [-0.2, 0) is 70.2 Å². The summed E-state index contributed by atoms with van der Waals surface area (Å²) in [6.45, 7) is 28.9. The third kappa shape index (κ3) is 37.2. The molecule has 0 amide bonds. The van der Waals surface area contributed by atoms with Gasteiger partial charge in [0.1, 0.15) is 0 Å². The third-order valence-electron chi connectivity index (χ3n) is 2.01. The first kappa shape index (κ1) is 38.4. The Kier molecular flexibility index (Phi) is 58.4. The van der Waals surface area contributed by atoms with Gasteiger partial charge in [-0.3, -0.25) is 6.58 Å². The summed E-state index contributed by atoms with van der Waals surface area (Å²) in [5.41, 5.74) is 1.82. The van der Waals surface area contributed by atoms with Crippen molar-refractivity contribution in [1.82, 2.24) is 0 Å². The minimum absolute atomic E-state index is 0. The molecule has 0 bridgehead atoms. The Hall–Kier alpha value is 0.838. The van der Waals surface area contributed by atoms with Crippen LogP contribution in [0.3, 0.4) is 0 Å². The van der Waals surface area contributed by atoms with Gasteiger partial charge in [-0.05, 0) is 6.29 Å². The average Bonchev–Trinajstić information content (AvgIpc) is 2.48. The smallest absolute Gasteiger partial charge is 0 e. The molecule has 3 heteroatoms.